The van der Waals surface area contributed by atoms with E-state index in [9.17, 15) is 9.59 Å². The Hall–Kier alpha value is -3.41. The summed E-state index contributed by atoms with van der Waals surface area (Å²) in [6.07, 6.45) is 1.04. The van der Waals surface area contributed by atoms with Crippen molar-refractivity contribution in [2.45, 2.75) is 45.4 Å². The molecule has 2 aliphatic rings. The topological polar surface area (TPSA) is 74.2 Å². The molecule has 3 atom stereocenters. The third-order valence-corrected chi connectivity index (χ3v) is 6.74. The van der Waals surface area contributed by atoms with Crippen molar-refractivity contribution in [3.05, 3.63) is 70.9 Å². The predicted octanol–water partition coefficient (Wildman–Crippen LogP) is 5.48. The highest BCUT2D eigenvalue weighted by atomic mass is 16.5. The van der Waals surface area contributed by atoms with E-state index in [0.717, 1.165) is 16.8 Å². The molecule has 0 radical (unpaired) electrons. The number of benzene rings is 2. The van der Waals surface area contributed by atoms with Crippen LogP contribution in [0, 0.1) is 11.8 Å². The molecule has 1 aliphatic carbocycles. The summed E-state index contributed by atoms with van der Waals surface area (Å²) in [6, 6.07) is 15.6. The van der Waals surface area contributed by atoms with Crippen LogP contribution in [0.5, 0.6) is 11.5 Å². The highest BCUT2D eigenvalue weighted by molar-refractivity contribution is 6.09. The Labute approximate surface area is 207 Å². The van der Waals surface area contributed by atoms with E-state index < -0.39 is 11.8 Å². The van der Waals surface area contributed by atoms with Gasteiger partial charge in [0.1, 0.15) is 5.92 Å². The SMILES string of the molecule is COc1ccc([C@H]2C3=C(C[C@H](c4ccccc4)CC3=O)N=C(C)C2C(=O)OCC(C)C)cc1OC. The summed E-state index contributed by atoms with van der Waals surface area (Å²) < 4.78 is 16.6. The first kappa shape index (κ1) is 24.7. The van der Waals surface area contributed by atoms with Gasteiger partial charge in [0.05, 0.1) is 20.8 Å². The standard InChI is InChI=1S/C29H33NO5/c1-17(2)16-35-29(32)26-18(3)30-22-13-21(19-9-7-6-8-10-19)14-23(31)28(22)27(26)20-11-12-24(33-4)25(15-20)34-5/h6-12,15,17,21,26-27H,13-14,16H2,1-5H3/t21-,26?,27+/m0/s1. The van der Waals surface area contributed by atoms with Crippen LogP contribution < -0.4 is 9.47 Å². The van der Waals surface area contributed by atoms with E-state index in [2.05, 4.69) is 12.1 Å². The van der Waals surface area contributed by atoms with Crippen molar-refractivity contribution in [3.8, 4) is 11.5 Å². The third-order valence-electron chi connectivity index (χ3n) is 6.74. The van der Waals surface area contributed by atoms with Crippen molar-refractivity contribution in [1.29, 1.82) is 0 Å². The van der Waals surface area contributed by atoms with Gasteiger partial charge < -0.3 is 14.2 Å². The second-order valence-electron chi connectivity index (χ2n) is 9.65. The molecular weight excluding hydrogens is 442 g/mol. The summed E-state index contributed by atoms with van der Waals surface area (Å²) in [5.74, 6) is -0.0978. The molecule has 6 nitrogen and oxygen atoms in total. The fourth-order valence-electron chi connectivity index (χ4n) is 5.07. The molecule has 0 amide bonds. The molecule has 2 aromatic rings. The highest BCUT2D eigenvalue weighted by Gasteiger charge is 2.45. The Kier molecular flexibility index (Phi) is 7.39. The van der Waals surface area contributed by atoms with Crippen LogP contribution in [0.2, 0.25) is 0 Å². The van der Waals surface area contributed by atoms with Crippen LogP contribution in [0.3, 0.4) is 0 Å². The van der Waals surface area contributed by atoms with Crippen molar-refractivity contribution in [2.75, 3.05) is 20.8 Å². The number of allylic oxidation sites excluding steroid dienone is 2. The van der Waals surface area contributed by atoms with Gasteiger partial charge in [-0.1, -0.05) is 50.2 Å². The minimum Gasteiger partial charge on any atom is -0.493 e. The normalized spacial score (nSPS) is 21.9. The molecule has 1 heterocycles. The summed E-state index contributed by atoms with van der Waals surface area (Å²) in [5.41, 5.74) is 3.98. The lowest BCUT2D eigenvalue weighted by Crippen LogP contribution is -2.38. The number of Topliss-reactive ketones (excluding diaryl/α,β-unsaturated/α-hetero) is 1. The van der Waals surface area contributed by atoms with Gasteiger partial charge in [0.25, 0.3) is 0 Å². The van der Waals surface area contributed by atoms with E-state index in [4.69, 9.17) is 19.2 Å². The van der Waals surface area contributed by atoms with Gasteiger partial charge in [-0.15, -0.1) is 0 Å². The zero-order valence-electron chi connectivity index (χ0n) is 21.0. The van der Waals surface area contributed by atoms with Crippen LogP contribution in [0.1, 0.15) is 56.6 Å². The predicted molar refractivity (Wildman–Crippen MR) is 135 cm³/mol. The quantitative estimate of drug-likeness (QED) is 0.496. The lowest BCUT2D eigenvalue weighted by atomic mass is 9.69. The highest BCUT2D eigenvalue weighted by Crippen LogP contribution is 2.48. The van der Waals surface area contributed by atoms with Gasteiger partial charge in [-0.3, -0.25) is 14.6 Å². The molecule has 6 heteroatoms. The minimum atomic E-state index is -0.678. The molecule has 0 saturated heterocycles. The van der Waals surface area contributed by atoms with Crippen molar-refractivity contribution in [1.82, 2.24) is 0 Å². The number of esters is 1. The molecule has 0 spiro atoms. The maximum atomic E-state index is 13.7. The van der Waals surface area contributed by atoms with Crippen LogP contribution >= 0.6 is 0 Å². The number of carbonyl (C=O) groups is 2. The van der Waals surface area contributed by atoms with Crippen LogP contribution in [0.4, 0.5) is 0 Å². The summed E-state index contributed by atoms with van der Waals surface area (Å²) >= 11 is 0. The molecule has 0 fully saturated rings. The summed E-state index contributed by atoms with van der Waals surface area (Å²) in [6.45, 7) is 6.17. The number of ether oxygens (including phenoxy) is 3. The largest absolute Gasteiger partial charge is 0.493 e. The van der Waals surface area contributed by atoms with Gasteiger partial charge in [-0.05, 0) is 48.4 Å². The first-order valence-electron chi connectivity index (χ1n) is 12.1. The van der Waals surface area contributed by atoms with Gasteiger partial charge in [0.15, 0.2) is 17.3 Å². The zero-order valence-corrected chi connectivity index (χ0v) is 21.0. The Morgan fingerprint density at radius 1 is 1.00 bits per heavy atom. The number of ketones is 1. The number of aliphatic imine (C=N–C) groups is 1. The lowest BCUT2D eigenvalue weighted by Gasteiger charge is -2.36. The van der Waals surface area contributed by atoms with Crippen LogP contribution in [-0.4, -0.2) is 38.3 Å². The summed E-state index contributed by atoms with van der Waals surface area (Å²) in [7, 11) is 3.15. The van der Waals surface area contributed by atoms with Gasteiger partial charge in [-0.25, -0.2) is 0 Å². The molecule has 0 bridgehead atoms. The molecular formula is C29H33NO5. The molecule has 0 N–H and O–H groups in total. The Balaban J connectivity index is 1.80. The monoisotopic (exact) mass is 475 g/mol. The molecule has 1 unspecified atom stereocenters. The van der Waals surface area contributed by atoms with E-state index in [1.165, 1.54) is 0 Å². The average molecular weight is 476 g/mol. The number of carbonyl (C=O) groups excluding carboxylic acids is 2. The van der Waals surface area contributed by atoms with Gasteiger partial charge in [0.2, 0.25) is 0 Å². The molecule has 4 rings (SSSR count). The fourth-order valence-corrected chi connectivity index (χ4v) is 5.07. The number of rotatable bonds is 7. The van der Waals surface area contributed by atoms with Crippen molar-refractivity contribution in [3.63, 3.8) is 0 Å². The minimum absolute atomic E-state index is 0.0257. The molecule has 2 aromatic carbocycles. The maximum absolute atomic E-state index is 13.7. The second kappa shape index (κ2) is 10.5. The Morgan fingerprint density at radius 3 is 2.37 bits per heavy atom. The van der Waals surface area contributed by atoms with Crippen molar-refractivity contribution >= 4 is 17.5 Å². The Bertz CT molecular complexity index is 1160. The number of nitrogens with zero attached hydrogens (tertiary/aromatic N) is 1. The van der Waals surface area contributed by atoms with E-state index in [0.29, 0.717) is 42.2 Å². The summed E-state index contributed by atoms with van der Waals surface area (Å²) in [5, 5.41) is 0. The molecule has 184 valence electrons. The van der Waals surface area contributed by atoms with Crippen molar-refractivity contribution < 1.29 is 23.8 Å². The number of methoxy groups -OCH3 is 2. The van der Waals surface area contributed by atoms with Crippen LogP contribution in [0.15, 0.2) is 64.8 Å². The van der Waals surface area contributed by atoms with Crippen LogP contribution in [-0.2, 0) is 14.3 Å². The number of hydrogen-bond acceptors (Lipinski definition) is 6. The Morgan fingerprint density at radius 2 is 1.71 bits per heavy atom. The van der Waals surface area contributed by atoms with Gasteiger partial charge in [0, 0.05) is 29.3 Å². The van der Waals surface area contributed by atoms with E-state index >= 15 is 0 Å². The van der Waals surface area contributed by atoms with E-state index in [-0.39, 0.29) is 23.6 Å². The van der Waals surface area contributed by atoms with E-state index in [1.807, 2.05) is 57.2 Å². The zero-order chi connectivity index (χ0) is 25.1. The third kappa shape index (κ3) is 5.02. The molecule has 0 saturated carbocycles. The van der Waals surface area contributed by atoms with Gasteiger partial charge in [-0.2, -0.15) is 0 Å². The van der Waals surface area contributed by atoms with Crippen molar-refractivity contribution in [2.24, 2.45) is 16.8 Å². The average Bonchev–Trinajstić information content (AvgIpc) is 2.86. The first-order valence-corrected chi connectivity index (χ1v) is 12.1. The smallest absolute Gasteiger partial charge is 0.315 e. The lowest BCUT2D eigenvalue weighted by molar-refractivity contribution is -0.147. The molecule has 35 heavy (non-hydrogen) atoms. The van der Waals surface area contributed by atoms with E-state index in [1.54, 1.807) is 14.2 Å². The van der Waals surface area contributed by atoms with Crippen LogP contribution in [0.25, 0.3) is 0 Å². The summed E-state index contributed by atoms with van der Waals surface area (Å²) in [4.78, 5) is 31.9. The first-order chi connectivity index (χ1) is 16.8. The molecule has 1 aliphatic heterocycles. The fraction of sp³-hybridized carbons (Fsp3) is 0.414. The second-order valence-corrected chi connectivity index (χ2v) is 9.65. The van der Waals surface area contributed by atoms with Gasteiger partial charge >= 0.3 is 5.97 Å². The molecule has 0 aromatic heterocycles. The number of hydrogen-bond donors (Lipinski definition) is 0. The maximum Gasteiger partial charge on any atom is 0.315 e.